The highest BCUT2D eigenvalue weighted by Crippen LogP contribution is 2.07. The molecule has 0 aliphatic heterocycles. The van der Waals surface area contributed by atoms with E-state index in [2.05, 4.69) is 0 Å². The number of carbonyl (C=O) groups is 1. The van der Waals surface area contributed by atoms with E-state index in [-0.39, 0.29) is 24.1 Å². The zero-order chi connectivity index (χ0) is 12.7. The van der Waals surface area contributed by atoms with E-state index in [0.717, 1.165) is 0 Å². The number of ether oxygens (including phenoxy) is 2. The molecule has 0 bridgehead atoms. The molecule has 3 nitrogen and oxygen atoms in total. The number of hydrogen-bond donors (Lipinski definition) is 0. The Morgan fingerprint density at radius 3 is 2.65 bits per heavy atom. The second kappa shape index (κ2) is 7.14. The third-order valence-corrected chi connectivity index (χ3v) is 2.09. The molecule has 1 rings (SSSR count). The Hall–Kier alpha value is -1.26. The van der Waals surface area contributed by atoms with E-state index in [0.29, 0.717) is 13.2 Å². The second-order valence-electron chi connectivity index (χ2n) is 3.88. The highest BCUT2D eigenvalue weighted by Gasteiger charge is 2.10. The van der Waals surface area contributed by atoms with Gasteiger partial charge in [-0.1, -0.05) is 12.1 Å². The second-order valence-corrected chi connectivity index (χ2v) is 3.88. The molecule has 1 aromatic carbocycles. The highest BCUT2D eigenvalue weighted by molar-refractivity contribution is 5.97. The molecule has 0 fully saturated rings. The fourth-order valence-corrected chi connectivity index (χ4v) is 1.27. The fourth-order valence-electron chi connectivity index (χ4n) is 1.27. The van der Waals surface area contributed by atoms with E-state index in [9.17, 15) is 9.18 Å². The van der Waals surface area contributed by atoms with Crippen molar-refractivity contribution in [3.63, 3.8) is 0 Å². The fraction of sp³-hybridized carbons (Fsp3) is 0.462. The summed E-state index contributed by atoms with van der Waals surface area (Å²) in [6, 6.07) is 5.88. The molecule has 0 spiro atoms. The van der Waals surface area contributed by atoms with Gasteiger partial charge in [0.25, 0.3) is 0 Å². The van der Waals surface area contributed by atoms with Crippen LogP contribution in [0.5, 0.6) is 0 Å². The van der Waals surface area contributed by atoms with Crippen molar-refractivity contribution >= 4 is 5.78 Å². The highest BCUT2D eigenvalue weighted by atomic mass is 19.1. The van der Waals surface area contributed by atoms with Crippen LogP contribution in [0.3, 0.4) is 0 Å². The molecule has 17 heavy (non-hydrogen) atoms. The molecule has 1 aromatic rings. The van der Waals surface area contributed by atoms with Crippen LogP contribution in [0, 0.1) is 5.82 Å². The van der Waals surface area contributed by atoms with Crippen LogP contribution in [-0.2, 0) is 9.47 Å². The summed E-state index contributed by atoms with van der Waals surface area (Å²) >= 11 is 0. The van der Waals surface area contributed by atoms with Crippen LogP contribution >= 0.6 is 0 Å². The van der Waals surface area contributed by atoms with Gasteiger partial charge in [0, 0.05) is 0 Å². The predicted octanol–water partition coefficient (Wildman–Crippen LogP) is 2.45. The molecular formula is C13H17FO3. The van der Waals surface area contributed by atoms with Crippen LogP contribution in [0.15, 0.2) is 24.3 Å². The summed E-state index contributed by atoms with van der Waals surface area (Å²) in [7, 11) is 0. The number of benzene rings is 1. The lowest BCUT2D eigenvalue weighted by Gasteiger charge is -2.07. The Morgan fingerprint density at radius 2 is 2.00 bits per heavy atom. The maximum absolute atomic E-state index is 13.2. The number of carbonyl (C=O) groups excluding carboxylic acids is 1. The van der Waals surface area contributed by atoms with Gasteiger partial charge >= 0.3 is 0 Å². The van der Waals surface area contributed by atoms with Crippen LogP contribution in [0.2, 0.25) is 0 Å². The minimum atomic E-state index is -0.514. The average Bonchev–Trinajstić information content (AvgIpc) is 2.28. The van der Waals surface area contributed by atoms with Crippen molar-refractivity contribution < 1.29 is 18.7 Å². The molecule has 0 radical (unpaired) electrons. The first-order chi connectivity index (χ1) is 8.11. The smallest absolute Gasteiger partial charge is 0.191 e. The van der Waals surface area contributed by atoms with Crippen molar-refractivity contribution in [2.45, 2.75) is 20.0 Å². The predicted molar refractivity (Wildman–Crippen MR) is 62.6 cm³/mol. The summed E-state index contributed by atoms with van der Waals surface area (Å²) in [6.45, 7) is 4.48. The molecule has 0 atom stereocenters. The van der Waals surface area contributed by atoms with E-state index >= 15 is 0 Å². The largest absolute Gasteiger partial charge is 0.376 e. The maximum atomic E-state index is 13.2. The van der Waals surface area contributed by atoms with E-state index in [1.165, 1.54) is 12.1 Å². The third kappa shape index (κ3) is 5.06. The Bertz CT molecular complexity index is 363. The third-order valence-electron chi connectivity index (χ3n) is 2.09. The van der Waals surface area contributed by atoms with Crippen molar-refractivity contribution in [3.8, 4) is 0 Å². The molecular weight excluding hydrogens is 223 g/mol. The van der Waals surface area contributed by atoms with Crippen LogP contribution < -0.4 is 0 Å². The molecule has 0 unspecified atom stereocenters. The molecule has 0 aliphatic rings. The first-order valence-corrected chi connectivity index (χ1v) is 5.58. The van der Waals surface area contributed by atoms with Gasteiger partial charge in [-0.3, -0.25) is 4.79 Å². The Balaban J connectivity index is 2.29. The summed E-state index contributed by atoms with van der Waals surface area (Å²) in [4.78, 5) is 11.6. The molecule has 0 amide bonds. The molecule has 0 aliphatic carbocycles. The Morgan fingerprint density at radius 1 is 1.29 bits per heavy atom. The van der Waals surface area contributed by atoms with E-state index < -0.39 is 5.82 Å². The number of rotatable bonds is 7. The monoisotopic (exact) mass is 240 g/mol. The number of Topliss-reactive ketones (excluding diaryl/α,β-unsaturated/α-hetero) is 1. The first kappa shape index (κ1) is 13.8. The van der Waals surface area contributed by atoms with Crippen molar-refractivity contribution in [1.29, 1.82) is 0 Å². The van der Waals surface area contributed by atoms with E-state index in [1.54, 1.807) is 12.1 Å². The van der Waals surface area contributed by atoms with Gasteiger partial charge in [0.05, 0.1) is 24.9 Å². The molecule has 0 heterocycles. The van der Waals surface area contributed by atoms with Gasteiger partial charge in [0.1, 0.15) is 12.4 Å². The number of hydrogen-bond acceptors (Lipinski definition) is 3. The molecule has 0 saturated heterocycles. The van der Waals surface area contributed by atoms with Gasteiger partial charge in [-0.15, -0.1) is 0 Å². The summed E-state index contributed by atoms with van der Waals surface area (Å²) in [6.07, 6.45) is 0.140. The van der Waals surface area contributed by atoms with Gasteiger partial charge < -0.3 is 9.47 Å². The lowest BCUT2D eigenvalue weighted by atomic mass is 10.1. The maximum Gasteiger partial charge on any atom is 0.191 e. The number of halogens is 1. The zero-order valence-corrected chi connectivity index (χ0v) is 10.1. The number of ketones is 1. The quantitative estimate of drug-likeness (QED) is 0.542. The summed E-state index contributed by atoms with van der Waals surface area (Å²) in [5.41, 5.74) is 0.0669. The minimum absolute atomic E-state index is 0.0669. The minimum Gasteiger partial charge on any atom is -0.376 e. The molecule has 94 valence electrons. The van der Waals surface area contributed by atoms with E-state index in [4.69, 9.17) is 9.47 Å². The normalized spacial score (nSPS) is 10.8. The zero-order valence-electron chi connectivity index (χ0n) is 10.1. The first-order valence-electron chi connectivity index (χ1n) is 5.58. The Kier molecular flexibility index (Phi) is 5.80. The summed E-state index contributed by atoms with van der Waals surface area (Å²) in [5.74, 6) is -0.868. The van der Waals surface area contributed by atoms with Crippen molar-refractivity contribution in [3.05, 3.63) is 35.6 Å². The van der Waals surface area contributed by atoms with Gasteiger partial charge in [0.15, 0.2) is 5.78 Å². The van der Waals surface area contributed by atoms with Crippen molar-refractivity contribution in [1.82, 2.24) is 0 Å². The van der Waals surface area contributed by atoms with Gasteiger partial charge in [-0.25, -0.2) is 4.39 Å². The van der Waals surface area contributed by atoms with Gasteiger partial charge in [-0.05, 0) is 26.0 Å². The molecule has 0 aromatic heterocycles. The van der Waals surface area contributed by atoms with Gasteiger partial charge in [0.2, 0.25) is 0 Å². The SMILES string of the molecule is CC(C)OCCOCC(=O)c1ccccc1F. The topological polar surface area (TPSA) is 35.5 Å². The Labute approximate surface area is 101 Å². The molecule has 0 N–H and O–H groups in total. The lowest BCUT2D eigenvalue weighted by molar-refractivity contribution is 0.0207. The lowest BCUT2D eigenvalue weighted by Crippen LogP contribution is -2.15. The average molecular weight is 240 g/mol. The van der Waals surface area contributed by atoms with Crippen LogP contribution in [0.1, 0.15) is 24.2 Å². The van der Waals surface area contributed by atoms with Crippen LogP contribution in [0.4, 0.5) is 4.39 Å². The van der Waals surface area contributed by atoms with E-state index in [1.807, 2.05) is 13.8 Å². The summed E-state index contributed by atoms with van der Waals surface area (Å²) in [5, 5.41) is 0. The van der Waals surface area contributed by atoms with Crippen molar-refractivity contribution in [2.75, 3.05) is 19.8 Å². The molecule has 4 heteroatoms. The molecule has 0 saturated carbocycles. The van der Waals surface area contributed by atoms with Crippen LogP contribution in [-0.4, -0.2) is 31.7 Å². The standard InChI is InChI=1S/C13H17FO3/c1-10(2)17-8-7-16-9-13(15)11-5-3-4-6-12(11)14/h3-6,10H,7-9H2,1-2H3. The summed E-state index contributed by atoms with van der Waals surface area (Å²) < 4.78 is 23.6. The van der Waals surface area contributed by atoms with Crippen molar-refractivity contribution in [2.24, 2.45) is 0 Å². The van der Waals surface area contributed by atoms with Crippen LogP contribution in [0.25, 0.3) is 0 Å². The van der Waals surface area contributed by atoms with Gasteiger partial charge in [-0.2, -0.15) is 0 Å².